The molecule has 3 heterocycles. The van der Waals surface area contributed by atoms with E-state index in [0.717, 1.165) is 22.6 Å². The average molecular weight is 533 g/mol. The molecule has 0 aliphatic carbocycles. The van der Waals surface area contributed by atoms with E-state index in [1.165, 1.54) is 4.90 Å². The van der Waals surface area contributed by atoms with Gasteiger partial charge in [-0.2, -0.15) is 0 Å². The first-order valence-electron chi connectivity index (χ1n) is 13.3. The van der Waals surface area contributed by atoms with Crippen LogP contribution in [0.15, 0.2) is 67.0 Å². The predicted molar refractivity (Wildman–Crippen MR) is 147 cm³/mol. The third-order valence-electron chi connectivity index (χ3n) is 7.85. The van der Waals surface area contributed by atoms with Crippen LogP contribution in [0.4, 0.5) is 4.79 Å². The molecule has 9 nitrogen and oxygen atoms in total. The molecule has 9 heteroatoms. The van der Waals surface area contributed by atoms with Crippen LogP contribution < -0.4 is 14.2 Å². The lowest BCUT2D eigenvalue weighted by Gasteiger charge is -2.42. The number of imide groups is 1. The zero-order valence-electron chi connectivity index (χ0n) is 22.8. The lowest BCUT2D eigenvalue weighted by molar-refractivity contribution is -0.136. The average Bonchev–Trinajstić information content (AvgIpc) is 3.55. The molecule has 2 aromatic carbocycles. The van der Waals surface area contributed by atoms with Crippen LogP contribution in [0.1, 0.15) is 24.0 Å². The molecule has 2 aliphatic rings. The highest BCUT2D eigenvalue weighted by molar-refractivity contribution is 6.07. The van der Waals surface area contributed by atoms with Gasteiger partial charge in [0.05, 0.1) is 27.9 Å². The summed E-state index contributed by atoms with van der Waals surface area (Å²) in [6.07, 6.45) is 5.13. The van der Waals surface area contributed by atoms with Crippen molar-refractivity contribution >= 4 is 11.9 Å². The molecular formula is C30H36N4O5. The molecule has 2 saturated heterocycles. The number of nitrogens with zero attached hydrogens (tertiary/aromatic N) is 4. The standard InChI is InChI=1S/C30H36N4O5/c1-37-25-8-6-7-23(17-25)22-33-28(35)30(34(29(33)36)16-15-31-11-4-5-12-31)9-13-32(14-10-30)21-24-18-26(38-2)20-27(19-24)39-3/h4-8,11-12,17-20H,9-10,13-16,21-22H2,1-3H3. The summed E-state index contributed by atoms with van der Waals surface area (Å²) in [4.78, 5) is 33.4. The van der Waals surface area contributed by atoms with Gasteiger partial charge in [-0.05, 0) is 60.4 Å². The van der Waals surface area contributed by atoms with Gasteiger partial charge in [-0.1, -0.05) is 12.1 Å². The molecule has 2 aliphatic heterocycles. The first-order valence-corrected chi connectivity index (χ1v) is 13.3. The first-order chi connectivity index (χ1) is 19.0. The zero-order valence-corrected chi connectivity index (χ0v) is 22.8. The maximum absolute atomic E-state index is 14.0. The zero-order chi connectivity index (χ0) is 27.4. The predicted octanol–water partition coefficient (Wildman–Crippen LogP) is 4.01. The molecule has 1 aromatic heterocycles. The van der Waals surface area contributed by atoms with Gasteiger partial charge in [0.1, 0.15) is 22.8 Å². The second kappa shape index (κ2) is 11.4. The molecule has 1 spiro atoms. The molecule has 0 atom stereocenters. The van der Waals surface area contributed by atoms with Crippen molar-refractivity contribution in [2.24, 2.45) is 0 Å². The van der Waals surface area contributed by atoms with Gasteiger partial charge in [0.25, 0.3) is 5.91 Å². The normalized spacial score (nSPS) is 17.2. The third-order valence-corrected chi connectivity index (χ3v) is 7.85. The largest absolute Gasteiger partial charge is 0.497 e. The van der Waals surface area contributed by atoms with Gasteiger partial charge >= 0.3 is 6.03 Å². The summed E-state index contributed by atoms with van der Waals surface area (Å²) in [6.45, 7) is 3.44. The Balaban J connectivity index is 1.35. The highest BCUT2D eigenvalue weighted by atomic mass is 16.5. The Hall–Kier alpha value is -3.98. The van der Waals surface area contributed by atoms with Crippen molar-refractivity contribution in [3.63, 3.8) is 0 Å². The van der Waals surface area contributed by atoms with Crippen LogP contribution in [0, 0.1) is 0 Å². The van der Waals surface area contributed by atoms with Gasteiger partial charge in [-0.15, -0.1) is 0 Å². The number of urea groups is 1. The molecule has 5 rings (SSSR count). The minimum Gasteiger partial charge on any atom is -0.497 e. The van der Waals surface area contributed by atoms with Crippen LogP contribution in [0.25, 0.3) is 0 Å². The Bertz CT molecular complexity index is 1280. The van der Waals surface area contributed by atoms with Crippen LogP contribution in [0.5, 0.6) is 17.2 Å². The molecule has 206 valence electrons. The number of amides is 3. The smallest absolute Gasteiger partial charge is 0.328 e. The minimum absolute atomic E-state index is 0.106. The number of aromatic nitrogens is 1. The summed E-state index contributed by atoms with van der Waals surface area (Å²) >= 11 is 0. The van der Waals surface area contributed by atoms with Gasteiger partial charge in [-0.25, -0.2) is 4.79 Å². The van der Waals surface area contributed by atoms with Gasteiger partial charge < -0.3 is 23.7 Å². The van der Waals surface area contributed by atoms with Crippen LogP contribution in [0.2, 0.25) is 0 Å². The molecule has 0 unspecified atom stereocenters. The third kappa shape index (κ3) is 5.45. The Morgan fingerprint density at radius 3 is 2.03 bits per heavy atom. The Morgan fingerprint density at radius 2 is 1.38 bits per heavy atom. The van der Waals surface area contributed by atoms with Crippen molar-refractivity contribution in [1.82, 2.24) is 19.3 Å². The molecule has 0 bridgehead atoms. The number of hydrogen-bond acceptors (Lipinski definition) is 6. The molecule has 3 aromatic rings. The number of hydrogen-bond donors (Lipinski definition) is 0. The van der Waals surface area contributed by atoms with Crippen LogP contribution in [-0.2, 0) is 24.4 Å². The molecule has 0 radical (unpaired) electrons. The van der Waals surface area contributed by atoms with E-state index in [1.54, 1.807) is 21.3 Å². The van der Waals surface area contributed by atoms with Crippen molar-refractivity contribution in [1.29, 1.82) is 0 Å². The number of ether oxygens (including phenoxy) is 3. The molecule has 0 saturated carbocycles. The van der Waals surface area contributed by atoms with E-state index in [1.807, 2.05) is 76.5 Å². The number of piperidine rings is 1. The van der Waals surface area contributed by atoms with Gasteiger partial charge in [0.2, 0.25) is 0 Å². The van der Waals surface area contributed by atoms with Crippen LogP contribution in [0.3, 0.4) is 0 Å². The van der Waals surface area contributed by atoms with Gasteiger partial charge in [-0.3, -0.25) is 14.6 Å². The highest BCUT2D eigenvalue weighted by Crippen LogP contribution is 2.39. The van der Waals surface area contributed by atoms with Crippen LogP contribution in [-0.4, -0.2) is 77.7 Å². The second-order valence-corrected chi connectivity index (χ2v) is 10.1. The van der Waals surface area contributed by atoms with E-state index >= 15 is 0 Å². The Kier molecular flexibility index (Phi) is 7.79. The topological polar surface area (TPSA) is 76.5 Å². The van der Waals surface area contributed by atoms with E-state index in [-0.39, 0.29) is 18.5 Å². The van der Waals surface area contributed by atoms with Crippen molar-refractivity contribution in [3.05, 3.63) is 78.1 Å². The highest BCUT2D eigenvalue weighted by Gasteiger charge is 2.57. The summed E-state index contributed by atoms with van der Waals surface area (Å²) < 4.78 is 18.3. The minimum atomic E-state index is -0.842. The van der Waals surface area contributed by atoms with E-state index < -0.39 is 5.54 Å². The summed E-state index contributed by atoms with van der Waals surface area (Å²) in [6, 6.07) is 17.1. The molecule has 39 heavy (non-hydrogen) atoms. The lowest BCUT2D eigenvalue weighted by Crippen LogP contribution is -2.56. The Labute approximate surface area is 229 Å². The van der Waals surface area contributed by atoms with Gasteiger partial charge in [0, 0.05) is 51.2 Å². The first kappa shape index (κ1) is 26.6. The summed E-state index contributed by atoms with van der Waals surface area (Å²) in [5.74, 6) is 2.09. The Morgan fingerprint density at radius 1 is 0.744 bits per heavy atom. The fourth-order valence-corrected chi connectivity index (χ4v) is 5.70. The quantitative estimate of drug-likeness (QED) is 0.367. The van der Waals surface area contributed by atoms with Crippen molar-refractivity contribution in [3.8, 4) is 17.2 Å². The van der Waals surface area contributed by atoms with Crippen LogP contribution >= 0.6 is 0 Å². The second-order valence-electron chi connectivity index (χ2n) is 10.1. The van der Waals surface area contributed by atoms with E-state index in [2.05, 4.69) is 4.90 Å². The van der Waals surface area contributed by atoms with Crippen molar-refractivity contribution in [2.45, 2.75) is 38.0 Å². The number of likely N-dealkylation sites (tertiary alicyclic amines) is 1. The lowest BCUT2D eigenvalue weighted by atomic mass is 9.85. The monoisotopic (exact) mass is 532 g/mol. The molecular weight excluding hydrogens is 496 g/mol. The van der Waals surface area contributed by atoms with Crippen molar-refractivity contribution in [2.75, 3.05) is 41.0 Å². The maximum Gasteiger partial charge on any atom is 0.328 e. The van der Waals surface area contributed by atoms with Crippen molar-refractivity contribution < 1.29 is 23.8 Å². The van der Waals surface area contributed by atoms with E-state index in [9.17, 15) is 9.59 Å². The fourth-order valence-electron chi connectivity index (χ4n) is 5.70. The van der Waals surface area contributed by atoms with E-state index in [4.69, 9.17) is 14.2 Å². The molecule has 3 amide bonds. The number of rotatable bonds is 10. The summed E-state index contributed by atoms with van der Waals surface area (Å²) in [5, 5.41) is 0. The number of methoxy groups -OCH3 is 3. The van der Waals surface area contributed by atoms with E-state index in [0.29, 0.717) is 51.3 Å². The number of benzene rings is 2. The number of carbonyl (C=O) groups excluding carboxylic acids is 2. The SMILES string of the molecule is COc1cccc(CN2C(=O)N(CCn3cccc3)C3(CCN(Cc4cc(OC)cc(OC)c4)CC3)C2=O)c1. The van der Waals surface area contributed by atoms with Gasteiger partial charge in [0.15, 0.2) is 0 Å². The molecule has 0 N–H and O–H groups in total. The summed E-state index contributed by atoms with van der Waals surface area (Å²) in [5.41, 5.74) is 1.11. The fraction of sp³-hybridized carbons (Fsp3) is 0.400. The number of carbonyl (C=O) groups is 2. The maximum atomic E-state index is 14.0. The summed E-state index contributed by atoms with van der Waals surface area (Å²) in [7, 11) is 4.90. The molecule has 2 fully saturated rings.